The molecule has 0 aliphatic rings. The predicted octanol–water partition coefficient (Wildman–Crippen LogP) is -0.280. The normalized spacial score (nSPS) is 8.40. The molecule has 0 aromatic heterocycles. The second-order valence-electron chi connectivity index (χ2n) is 2.97. The molecule has 0 aromatic carbocycles. The summed E-state index contributed by atoms with van der Waals surface area (Å²) < 4.78 is 1.00. The minimum Gasteiger partial charge on any atom is -0.450 e. The van der Waals surface area contributed by atoms with Gasteiger partial charge in [-0.05, 0) is 0 Å². The van der Waals surface area contributed by atoms with Crippen LogP contribution >= 0.6 is 0 Å². The first kappa shape index (κ1) is 16.1. The molecule has 0 spiro atoms. The summed E-state index contributed by atoms with van der Waals surface area (Å²) in [6.45, 7) is 0. The standard InChI is InChI=1S/C4H12N.CH2O3.H2O/c1-5(2,3)4;2-1(3)4;/h1-4H3;(H2,2,3,4);1H2/q+1;;. The molecule has 0 rings (SSSR count). The average Bonchev–Trinajstić information content (AvgIpc) is 1.19. The maximum Gasteiger partial charge on any atom is 0.503 e. The van der Waals surface area contributed by atoms with E-state index < -0.39 is 6.16 Å². The van der Waals surface area contributed by atoms with E-state index in [1.165, 1.54) is 0 Å². The Morgan fingerprint density at radius 1 is 1.10 bits per heavy atom. The van der Waals surface area contributed by atoms with E-state index in [4.69, 9.17) is 15.0 Å². The minimum absolute atomic E-state index is 0. The van der Waals surface area contributed by atoms with Gasteiger partial charge in [-0.25, -0.2) is 4.79 Å². The molecule has 0 amide bonds. The van der Waals surface area contributed by atoms with Crippen LogP contribution < -0.4 is 0 Å². The molecule has 5 heteroatoms. The van der Waals surface area contributed by atoms with Crippen molar-refractivity contribution in [3.05, 3.63) is 0 Å². The number of carbonyl (C=O) groups is 1. The topological polar surface area (TPSA) is 89.0 Å². The van der Waals surface area contributed by atoms with Gasteiger partial charge in [0.25, 0.3) is 0 Å². The van der Waals surface area contributed by atoms with Crippen LogP contribution in [0.5, 0.6) is 0 Å². The molecule has 0 radical (unpaired) electrons. The lowest BCUT2D eigenvalue weighted by Crippen LogP contribution is -2.27. The quantitative estimate of drug-likeness (QED) is 0.470. The molecule has 5 nitrogen and oxygen atoms in total. The Labute approximate surface area is 60.4 Å². The molecule has 0 saturated carbocycles. The summed E-state index contributed by atoms with van der Waals surface area (Å²) >= 11 is 0. The van der Waals surface area contributed by atoms with Gasteiger partial charge < -0.3 is 20.2 Å². The van der Waals surface area contributed by atoms with Gasteiger partial charge in [-0.1, -0.05) is 0 Å². The molecule has 0 unspecified atom stereocenters. The van der Waals surface area contributed by atoms with E-state index in [0.29, 0.717) is 0 Å². The van der Waals surface area contributed by atoms with E-state index in [9.17, 15) is 0 Å². The molecule has 0 heterocycles. The highest BCUT2D eigenvalue weighted by Gasteiger charge is 1.88. The first-order valence-corrected chi connectivity index (χ1v) is 2.44. The summed E-state index contributed by atoms with van der Waals surface area (Å²) in [7, 11) is 8.50. The second-order valence-corrected chi connectivity index (χ2v) is 2.97. The fourth-order valence-electron chi connectivity index (χ4n) is 0. The summed E-state index contributed by atoms with van der Waals surface area (Å²) in [5.41, 5.74) is 0. The molecule has 0 aliphatic heterocycles. The third-order valence-electron chi connectivity index (χ3n) is 0. The Hall–Kier alpha value is -0.810. The van der Waals surface area contributed by atoms with E-state index >= 15 is 0 Å². The smallest absolute Gasteiger partial charge is 0.450 e. The second kappa shape index (κ2) is 6.31. The summed E-state index contributed by atoms with van der Waals surface area (Å²) in [6.07, 6.45) is -1.83. The zero-order chi connectivity index (χ0) is 8.08. The van der Waals surface area contributed by atoms with Crippen molar-refractivity contribution in [2.75, 3.05) is 28.2 Å². The van der Waals surface area contributed by atoms with Crippen molar-refractivity contribution < 1.29 is 25.0 Å². The molecule has 64 valence electrons. The number of nitrogens with zero attached hydrogens (tertiary/aromatic N) is 1. The SMILES string of the molecule is C[N+](C)(C)C.O.O=C(O)O. The summed E-state index contributed by atoms with van der Waals surface area (Å²) in [6, 6.07) is 0. The van der Waals surface area contributed by atoms with Crippen LogP contribution in [0, 0.1) is 0 Å². The Kier molecular flexibility index (Phi) is 10.2. The summed E-state index contributed by atoms with van der Waals surface area (Å²) in [4.78, 5) is 8.56. The third-order valence-corrected chi connectivity index (χ3v) is 0. The van der Waals surface area contributed by atoms with E-state index in [2.05, 4.69) is 28.2 Å². The van der Waals surface area contributed by atoms with Gasteiger partial charge >= 0.3 is 6.16 Å². The van der Waals surface area contributed by atoms with Crippen molar-refractivity contribution in [3.63, 3.8) is 0 Å². The van der Waals surface area contributed by atoms with Crippen LogP contribution in [0.1, 0.15) is 0 Å². The highest BCUT2D eigenvalue weighted by atomic mass is 16.6. The number of hydrogen-bond donors (Lipinski definition) is 2. The minimum atomic E-state index is -1.83. The molecular formula is C5H16NO4+. The first-order chi connectivity index (χ1) is 3.73. The van der Waals surface area contributed by atoms with Gasteiger partial charge in [0.2, 0.25) is 0 Å². The maximum atomic E-state index is 8.56. The number of rotatable bonds is 0. The number of carboxylic acid groups (broad SMARTS) is 2. The Morgan fingerprint density at radius 2 is 1.10 bits per heavy atom. The molecule has 10 heavy (non-hydrogen) atoms. The first-order valence-electron chi connectivity index (χ1n) is 2.44. The van der Waals surface area contributed by atoms with Gasteiger partial charge in [0.1, 0.15) is 0 Å². The Morgan fingerprint density at radius 3 is 1.10 bits per heavy atom. The molecule has 0 saturated heterocycles. The van der Waals surface area contributed by atoms with E-state index in [0.717, 1.165) is 4.48 Å². The molecule has 4 N–H and O–H groups in total. The zero-order valence-corrected chi connectivity index (χ0v) is 6.75. The van der Waals surface area contributed by atoms with Crippen molar-refractivity contribution in [2.24, 2.45) is 0 Å². The fourth-order valence-corrected chi connectivity index (χ4v) is 0. The van der Waals surface area contributed by atoms with Crippen molar-refractivity contribution in [3.8, 4) is 0 Å². The zero-order valence-electron chi connectivity index (χ0n) is 6.75. The van der Waals surface area contributed by atoms with Gasteiger partial charge in [0.15, 0.2) is 0 Å². The molecule has 0 aromatic rings. The highest BCUT2D eigenvalue weighted by Crippen LogP contribution is 1.73. The Balaban J connectivity index is -0.0000000910. The molecule has 0 bridgehead atoms. The predicted molar refractivity (Wildman–Crippen MR) is 38.2 cm³/mol. The summed E-state index contributed by atoms with van der Waals surface area (Å²) in [5, 5.41) is 13.9. The third kappa shape index (κ3) is 420. The van der Waals surface area contributed by atoms with Gasteiger partial charge in [-0.2, -0.15) is 0 Å². The van der Waals surface area contributed by atoms with Crippen LogP contribution in [0.3, 0.4) is 0 Å². The number of quaternary nitrogens is 1. The van der Waals surface area contributed by atoms with E-state index in [1.807, 2.05) is 0 Å². The van der Waals surface area contributed by atoms with E-state index in [1.54, 1.807) is 0 Å². The van der Waals surface area contributed by atoms with Gasteiger partial charge in [-0.3, -0.25) is 0 Å². The van der Waals surface area contributed by atoms with Crippen molar-refractivity contribution in [1.82, 2.24) is 0 Å². The van der Waals surface area contributed by atoms with Crippen LogP contribution in [0.4, 0.5) is 4.79 Å². The molecule has 0 fully saturated rings. The lowest BCUT2D eigenvalue weighted by molar-refractivity contribution is -0.849. The van der Waals surface area contributed by atoms with Gasteiger partial charge in [-0.15, -0.1) is 0 Å². The van der Waals surface area contributed by atoms with E-state index in [-0.39, 0.29) is 5.48 Å². The Bertz CT molecular complexity index is 76.1. The van der Waals surface area contributed by atoms with Crippen molar-refractivity contribution in [2.45, 2.75) is 0 Å². The largest absolute Gasteiger partial charge is 0.503 e. The van der Waals surface area contributed by atoms with Crippen LogP contribution in [-0.4, -0.2) is 54.5 Å². The maximum absolute atomic E-state index is 8.56. The molecule has 0 aliphatic carbocycles. The lowest BCUT2D eigenvalue weighted by atomic mass is 10.8. The summed E-state index contributed by atoms with van der Waals surface area (Å²) in [5.74, 6) is 0. The van der Waals surface area contributed by atoms with Crippen LogP contribution in [-0.2, 0) is 0 Å². The van der Waals surface area contributed by atoms with Crippen molar-refractivity contribution in [1.29, 1.82) is 0 Å². The van der Waals surface area contributed by atoms with Crippen LogP contribution in [0.2, 0.25) is 0 Å². The van der Waals surface area contributed by atoms with Gasteiger partial charge in [0.05, 0.1) is 28.2 Å². The molecule has 0 atom stereocenters. The van der Waals surface area contributed by atoms with Gasteiger partial charge in [0, 0.05) is 0 Å². The van der Waals surface area contributed by atoms with Crippen LogP contribution in [0.25, 0.3) is 0 Å². The monoisotopic (exact) mass is 154 g/mol. The van der Waals surface area contributed by atoms with Crippen molar-refractivity contribution >= 4 is 6.16 Å². The fraction of sp³-hybridized carbons (Fsp3) is 0.800. The lowest BCUT2D eigenvalue weighted by Gasteiger charge is -2.14. The van der Waals surface area contributed by atoms with Crippen LogP contribution in [0.15, 0.2) is 0 Å². The highest BCUT2D eigenvalue weighted by molar-refractivity contribution is 5.53. The average molecular weight is 154 g/mol. The number of hydrogen-bond acceptors (Lipinski definition) is 1. The molecular weight excluding hydrogens is 138 g/mol.